The van der Waals surface area contributed by atoms with Crippen molar-refractivity contribution in [2.75, 3.05) is 13.1 Å². The molecule has 2 N–H and O–H groups in total. The first kappa shape index (κ1) is 13.3. The summed E-state index contributed by atoms with van der Waals surface area (Å²) < 4.78 is 0.840. The van der Waals surface area contributed by atoms with Crippen molar-refractivity contribution in [1.29, 1.82) is 0 Å². The predicted octanol–water partition coefficient (Wildman–Crippen LogP) is 1.50. The monoisotopic (exact) mass is 336 g/mol. The zero-order valence-corrected chi connectivity index (χ0v) is 12.2. The van der Waals surface area contributed by atoms with Crippen LogP contribution in [0.2, 0.25) is 0 Å². The van der Waals surface area contributed by atoms with Crippen molar-refractivity contribution < 1.29 is 9.90 Å². The average molecular weight is 337 g/mol. The van der Waals surface area contributed by atoms with E-state index in [-0.39, 0.29) is 11.5 Å². The number of nitrogens with one attached hydrogen (secondary N) is 1. The molecule has 0 bridgehead atoms. The molecule has 6 heteroatoms. The molecule has 1 saturated heterocycles. The van der Waals surface area contributed by atoms with E-state index in [0.717, 1.165) is 4.47 Å². The SMILES string of the molecule is O=C(c1cc(=O)[nH]c2ccc(Br)cc12)N1CC[C@@H](O)C1. The largest absolute Gasteiger partial charge is 0.391 e. The topological polar surface area (TPSA) is 73.4 Å². The van der Waals surface area contributed by atoms with Gasteiger partial charge in [0.2, 0.25) is 5.56 Å². The van der Waals surface area contributed by atoms with Gasteiger partial charge in [-0.15, -0.1) is 0 Å². The minimum absolute atomic E-state index is 0.212. The van der Waals surface area contributed by atoms with Crippen LogP contribution < -0.4 is 5.56 Å². The number of halogens is 1. The summed E-state index contributed by atoms with van der Waals surface area (Å²) in [6.45, 7) is 0.837. The molecule has 1 aliphatic rings. The summed E-state index contributed by atoms with van der Waals surface area (Å²) in [6, 6.07) is 6.70. The van der Waals surface area contributed by atoms with Crippen LogP contribution in [0, 0.1) is 0 Å². The van der Waals surface area contributed by atoms with Crippen molar-refractivity contribution in [1.82, 2.24) is 9.88 Å². The Morgan fingerprint density at radius 3 is 2.90 bits per heavy atom. The van der Waals surface area contributed by atoms with E-state index in [0.29, 0.717) is 36.0 Å². The molecule has 0 saturated carbocycles. The fourth-order valence-corrected chi connectivity index (χ4v) is 2.86. The number of H-pyrrole nitrogens is 1. The van der Waals surface area contributed by atoms with Crippen LogP contribution in [0.3, 0.4) is 0 Å². The number of hydrogen-bond acceptors (Lipinski definition) is 3. The summed E-state index contributed by atoms with van der Waals surface area (Å²) in [5, 5.41) is 10.2. The van der Waals surface area contributed by atoms with Gasteiger partial charge in [0.1, 0.15) is 0 Å². The Bertz CT molecular complexity index is 741. The molecule has 0 aliphatic carbocycles. The molecule has 1 atom stereocenters. The number of fused-ring (bicyclic) bond motifs is 1. The summed E-state index contributed by atoms with van der Waals surface area (Å²) in [6.07, 6.45) is 0.107. The van der Waals surface area contributed by atoms with Gasteiger partial charge in [-0.25, -0.2) is 0 Å². The van der Waals surface area contributed by atoms with Crippen molar-refractivity contribution in [3.8, 4) is 0 Å². The summed E-state index contributed by atoms with van der Waals surface area (Å²) in [5.41, 5.74) is 0.700. The Morgan fingerprint density at radius 2 is 2.20 bits per heavy atom. The molecule has 1 aliphatic heterocycles. The molecule has 1 aromatic heterocycles. The molecule has 20 heavy (non-hydrogen) atoms. The molecular formula is C14H13BrN2O3. The smallest absolute Gasteiger partial charge is 0.254 e. The van der Waals surface area contributed by atoms with Crippen LogP contribution in [0.5, 0.6) is 0 Å². The predicted molar refractivity (Wildman–Crippen MR) is 78.8 cm³/mol. The number of pyridine rings is 1. The lowest BCUT2D eigenvalue weighted by Gasteiger charge is -2.16. The van der Waals surface area contributed by atoms with Gasteiger partial charge in [-0.3, -0.25) is 9.59 Å². The number of likely N-dealkylation sites (tertiary alicyclic amines) is 1. The number of aromatic amines is 1. The van der Waals surface area contributed by atoms with Gasteiger partial charge in [-0.1, -0.05) is 15.9 Å². The molecule has 5 nitrogen and oxygen atoms in total. The van der Waals surface area contributed by atoms with E-state index in [4.69, 9.17) is 0 Å². The van der Waals surface area contributed by atoms with Crippen LogP contribution in [0.4, 0.5) is 0 Å². The van der Waals surface area contributed by atoms with Gasteiger partial charge in [-0.2, -0.15) is 0 Å². The second-order valence-corrected chi connectivity index (χ2v) is 5.85. The lowest BCUT2D eigenvalue weighted by Crippen LogP contribution is -2.30. The number of amides is 1. The molecular weight excluding hydrogens is 324 g/mol. The van der Waals surface area contributed by atoms with Crippen LogP contribution in [-0.4, -0.2) is 40.1 Å². The maximum absolute atomic E-state index is 12.5. The minimum Gasteiger partial charge on any atom is -0.391 e. The average Bonchev–Trinajstić information content (AvgIpc) is 2.84. The number of aliphatic hydroxyl groups is 1. The molecule has 1 aromatic carbocycles. The molecule has 104 valence electrons. The molecule has 2 heterocycles. The molecule has 1 amide bonds. The van der Waals surface area contributed by atoms with Gasteiger partial charge in [0.05, 0.1) is 11.7 Å². The Kier molecular flexibility index (Phi) is 3.35. The van der Waals surface area contributed by atoms with Gasteiger partial charge in [0, 0.05) is 34.5 Å². The zero-order valence-electron chi connectivity index (χ0n) is 10.6. The third-order valence-corrected chi connectivity index (χ3v) is 3.98. The van der Waals surface area contributed by atoms with Crippen molar-refractivity contribution in [2.24, 2.45) is 0 Å². The second kappa shape index (κ2) is 5.03. The Morgan fingerprint density at radius 1 is 1.40 bits per heavy atom. The van der Waals surface area contributed by atoms with E-state index >= 15 is 0 Å². The maximum atomic E-state index is 12.5. The van der Waals surface area contributed by atoms with Crippen LogP contribution in [0.25, 0.3) is 10.9 Å². The highest BCUT2D eigenvalue weighted by Crippen LogP contribution is 2.23. The highest BCUT2D eigenvalue weighted by Gasteiger charge is 2.26. The van der Waals surface area contributed by atoms with E-state index < -0.39 is 6.10 Å². The third kappa shape index (κ3) is 2.36. The van der Waals surface area contributed by atoms with Crippen LogP contribution in [0.15, 0.2) is 33.5 Å². The highest BCUT2D eigenvalue weighted by molar-refractivity contribution is 9.10. The van der Waals surface area contributed by atoms with Crippen LogP contribution >= 0.6 is 15.9 Å². The summed E-state index contributed by atoms with van der Waals surface area (Å²) >= 11 is 3.37. The zero-order chi connectivity index (χ0) is 14.3. The van der Waals surface area contributed by atoms with Gasteiger partial charge in [0.15, 0.2) is 0 Å². The van der Waals surface area contributed by atoms with Gasteiger partial charge < -0.3 is 15.0 Å². The number of rotatable bonds is 1. The fraction of sp³-hybridized carbons (Fsp3) is 0.286. The number of carbonyl (C=O) groups excluding carboxylic acids is 1. The first-order valence-corrected chi connectivity index (χ1v) is 7.14. The lowest BCUT2D eigenvalue weighted by molar-refractivity contribution is 0.0766. The molecule has 0 radical (unpaired) electrons. The number of aromatic nitrogens is 1. The maximum Gasteiger partial charge on any atom is 0.254 e. The second-order valence-electron chi connectivity index (χ2n) is 4.93. The summed E-state index contributed by atoms with van der Waals surface area (Å²) in [5.74, 6) is -0.212. The van der Waals surface area contributed by atoms with Crippen LogP contribution in [0.1, 0.15) is 16.8 Å². The van der Waals surface area contributed by atoms with Crippen molar-refractivity contribution in [2.45, 2.75) is 12.5 Å². The van der Waals surface area contributed by atoms with E-state index in [1.807, 2.05) is 12.1 Å². The van der Waals surface area contributed by atoms with E-state index in [1.54, 1.807) is 11.0 Å². The van der Waals surface area contributed by atoms with E-state index in [9.17, 15) is 14.7 Å². The number of nitrogens with zero attached hydrogens (tertiary/aromatic N) is 1. The Balaban J connectivity index is 2.12. The number of carbonyl (C=O) groups is 1. The number of hydrogen-bond donors (Lipinski definition) is 2. The Hall–Kier alpha value is -1.66. The molecule has 2 aromatic rings. The molecule has 1 fully saturated rings. The summed E-state index contributed by atoms with van der Waals surface area (Å²) in [4.78, 5) is 28.5. The Labute approximate surface area is 123 Å². The first-order valence-electron chi connectivity index (χ1n) is 6.34. The van der Waals surface area contributed by atoms with Crippen molar-refractivity contribution in [3.05, 3.63) is 44.7 Å². The summed E-state index contributed by atoms with van der Waals surface area (Å²) in [7, 11) is 0. The quantitative estimate of drug-likeness (QED) is 0.828. The number of aliphatic hydroxyl groups excluding tert-OH is 1. The van der Waals surface area contributed by atoms with Crippen molar-refractivity contribution in [3.63, 3.8) is 0 Å². The third-order valence-electron chi connectivity index (χ3n) is 3.49. The normalized spacial score (nSPS) is 18.7. The van der Waals surface area contributed by atoms with E-state index in [1.165, 1.54) is 6.07 Å². The standard InChI is InChI=1S/C14H13BrN2O3/c15-8-1-2-12-10(5-8)11(6-13(19)16-12)14(20)17-4-3-9(18)7-17/h1-2,5-6,9,18H,3-4,7H2,(H,16,19)/t9-/m1/s1. The lowest BCUT2D eigenvalue weighted by atomic mass is 10.1. The highest BCUT2D eigenvalue weighted by atomic mass is 79.9. The van der Waals surface area contributed by atoms with E-state index in [2.05, 4.69) is 20.9 Å². The fourth-order valence-electron chi connectivity index (χ4n) is 2.50. The van der Waals surface area contributed by atoms with Gasteiger partial charge in [0.25, 0.3) is 5.91 Å². The first-order chi connectivity index (χ1) is 9.54. The molecule has 0 spiro atoms. The van der Waals surface area contributed by atoms with Gasteiger partial charge >= 0.3 is 0 Å². The van der Waals surface area contributed by atoms with Crippen LogP contribution in [-0.2, 0) is 0 Å². The number of benzene rings is 1. The van der Waals surface area contributed by atoms with Crippen molar-refractivity contribution >= 4 is 32.7 Å². The minimum atomic E-state index is -0.473. The van der Waals surface area contributed by atoms with Gasteiger partial charge in [-0.05, 0) is 24.6 Å². The molecule has 3 rings (SSSR count). The number of β-amino-alcohol motifs (C(OH)–C–C–N with tert-alkyl or cyclic N) is 1. The molecule has 0 unspecified atom stereocenters.